The molecule has 2 aromatic heterocycles. The molecule has 1 aliphatic rings. The fourth-order valence-electron chi connectivity index (χ4n) is 2.23. The number of nitrogens with one attached hydrogen (secondary N) is 2. The standard InChI is InChI=1S/C12H13N5O4/c18-10-9(14-15-12(20)13-10)16-3-5-17(6-4-16)11(19)8-2-1-7-21-8/h1-2,7H,3-6H2,(H2,13,15,18,20). The molecule has 3 rings (SSSR count). The van der Waals surface area contributed by atoms with Crippen LogP contribution in [0.3, 0.4) is 0 Å². The number of piperazine rings is 1. The van der Waals surface area contributed by atoms with Crippen LogP contribution in [-0.2, 0) is 0 Å². The van der Waals surface area contributed by atoms with E-state index in [4.69, 9.17) is 4.42 Å². The number of nitrogens with zero attached hydrogens (tertiary/aromatic N) is 3. The lowest BCUT2D eigenvalue weighted by Crippen LogP contribution is -2.50. The Morgan fingerprint density at radius 3 is 2.62 bits per heavy atom. The van der Waals surface area contributed by atoms with Gasteiger partial charge in [0.05, 0.1) is 6.26 Å². The number of hydrogen-bond acceptors (Lipinski definition) is 6. The highest BCUT2D eigenvalue weighted by Crippen LogP contribution is 2.11. The Morgan fingerprint density at radius 1 is 1.24 bits per heavy atom. The zero-order chi connectivity index (χ0) is 14.8. The lowest BCUT2D eigenvalue weighted by atomic mass is 10.3. The van der Waals surface area contributed by atoms with Gasteiger partial charge in [0.25, 0.3) is 11.5 Å². The zero-order valence-electron chi connectivity index (χ0n) is 11.0. The van der Waals surface area contributed by atoms with E-state index in [1.165, 1.54) is 6.26 Å². The topological polar surface area (TPSA) is 115 Å². The van der Waals surface area contributed by atoms with Crippen LogP contribution in [0, 0.1) is 0 Å². The van der Waals surface area contributed by atoms with Gasteiger partial charge in [0.15, 0.2) is 5.76 Å². The molecule has 21 heavy (non-hydrogen) atoms. The van der Waals surface area contributed by atoms with Gasteiger partial charge in [-0.15, -0.1) is 5.10 Å². The first-order valence-electron chi connectivity index (χ1n) is 6.42. The molecule has 0 spiro atoms. The molecule has 110 valence electrons. The van der Waals surface area contributed by atoms with Crippen LogP contribution in [0.15, 0.2) is 32.4 Å². The molecule has 1 aliphatic heterocycles. The van der Waals surface area contributed by atoms with E-state index < -0.39 is 11.2 Å². The minimum atomic E-state index is -0.643. The number of amides is 1. The Bertz CT molecular complexity index is 740. The fraction of sp³-hybridized carbons (Fsp3) is 0.333. The van der Waals surface area contributed by atoms with E-state index in [0.29, 0.717) is 31.9 Å². The second kappa shape index (κ2) is 5.27. The second-order valence-electron chi connectivity index (χ2n) is 4.59. The lowest BCUT2D eigenvalue weighted by molar-refractivity contribution is 0.0714. The summed E-state index contributed by atoms with van der Waals surface area (Å²) in [5, 5.41) is 5.94. The van der Waals surface area contributed by atoms with Crippen molar-refractivity contribution in [3.63, 3.8) is 0 Å². The van der Waals surface area contributed by atoms with Crippen molar-refractivity contribution in [3.05, 3.63) is 45.0 Å². The summed E-state index contributed by atoms with van der Waals surface area (Å²) in [4.78, 5) is 40.2. The predicted octanol–water partition coefficient (Wildman–Crippen LogP) is -0.986. The molecule has 3 heterocycles. The van der Waals surface area contributed by atoms with Crippen molar-refractivity contribution in [2.24, 2.45) is 0 Å². The van der Waals surface area contributed by atoms with E-state index in [1.807, 2.05) is 0 Å². The van der Waals surface area contributed by atoms with Crippen LogP contribution in [0.2, 0.25) is 0 Å². The highest BCUT2D eigenvalue weighted by Gasteiger charge is 2.25. The molecule has 0 aliphatic carbocycles. The fourth-order valence-corrected chi connectivity index (χ4v) is 2.23. The van der Waals surface area contributed by atoms with Gasteiger partial charge in [-0.3, -0.25) is 14.6 Å². The van der Waals surface area contributed by atoms with Gasteiger partial charge in [-0.05, 0) is 12.1 Å². The van der Waals surface area contributed by atoms with E-state index in [9.17, 15) is 14.4 Å². The monoisotopic (exact) mass is 291 g/mol. The third-order valence-electron chi connectivity index (χ3n) is 3.29. The number of hydrogen-bond donors (Lipinski definition) is 2. The molecule has 1 fully saturated rings. The summed E-state index contributed by atoms with van der Waals surface area (Å²) in [7, 11) is 0. The smallest absolute Gasteiger partial charge is 0.342 e. The molecule has 0 bridgehead atoms. The molecule has 0 aromatic carbocycles. The van der Waals surface area contributed by atoms with Crippen LogP contribution >= 0.6 is 0 Å². The largest absolute Gasteiger partial charge is 0.459 e. The summed E-state index contributed by atoms with van der Waals surface area (Å²) >= 11 is 0. The van der Waals surface area contributed by atoms with Crippen LogP contribution in [0.25, 0.3) is 0 Å². The van der Waals surface area contributed by atoms with E-state index >= 15 is 0 Å². The molecule has 0 atom stereocenters. The molecular weight excluding hydrogens is 278 g/mol. The Balaban J connectivity index is 1.69. The van der Waals surface area contributed by atoms with Crippen LogP contribution in [-0.4, -0.2) is 52.2 Å². The molecule has 9 heteroatoms. The van der Waals surface area contributed by atoms with Crippen LogP contribution < -0.4 is 16.1 Å². The average molecular weight is 291 g/mol. The van der Waals surface area contributed by atoms with Crippen molar-refractivity contribution in [2.45, 2.75) is 0 Å². The first-order chi connectivity index (χ1) is 10.1. The molecule has 0 saturated carbocycles. The van der Waals surface area contributed by atoms with Crippen LogP contribution in [0.5, 0.6) is 0 Å². The Morgan fingerprint density at radius 2 is 2.00 bits per heavy atom. The normalized spacial score (nSPS) is 15.2. The van der Waals surface area contributed by atoms with Gasteiger partial charge < -0.3 is 14.2 Å². The Kier molecular flexibility index (Phi) is 3.30. The van der Waals surface area contributed by atoms with Gasteiger partial charge in [0.2, 0.25) is 5.82 Å². The lowest BCUT2D eigenvalue weighted by Gasteiger charge is -2.34. The molecular formula is C12H13N5O4. The minimum absolute atomic E-state index is 0.152. The number of carbonyl (C=O) groups excluding carboxylic acids is 1. The second-order valence-corrected chi connectivity index (χ2v) is 4.59. The molecule has 1 saturated heterocycles. The quantitative estimate of drug-likeness (QED) is 0.734. The first kappa shape index (κ1) is 13.2. The van der Waals surface area contributed by atoms with Gasteiger partial charge in [-0.1, -0.05) is 0 Å². The van der Waals surface area contributed by atoms with Gasteiger partial charge >= 0.3 is 5.69 Å². The maximum Gasteiger partial charge on any atom is 0.342 e. The van der Waals surface area contributed by atoms with Crippen LogP contribution in [0.1, 0.15) is 10.6 Å². The van der Waals surface area contributed by atoms with Gasteiger partial charge in [-0.2, -0.15) is 0 Å². The number of furan rings is 1. The summed E-state index contributed by atoms with van der Waals surface area (Å²) in [6.45, 7) is 1.79. The number of carbonyl (C=O) groups is 1. The number of aromatic nitrogens is 3. The molecule has 2 N–H and O–H groups in total. The summed E-state index contributed by atoms with van der Waals surface area (Å²) in [6.07, 6.45) is 1.45. The highest BCUT2D eigenvalue weighted by molar-refractivity contribution is 5.91. The number of anilines is 1. The molecule has 0 unspecified atom stereocenters. The van der Waals surface area contributed by atoms with Crippen molar-refractivity contribution in [1.29, 1.82) is 0 Å². The van der Waals surface area contributed by atoms with E-state index in [1.54, 1.807) is 21.9 Å². The number of H-pyrrole nitrogens is 2. The number of aromatic amines is 2. The van der Waals surface area contributed by atoms with Gasteiger partial charge in [0, 0.05) is 26.2 Å². The predicted molar refractivity (Wildman–Crippen MR) is 72.3 cm³/mol. The van der Waals surface area contributed by atoms with Crippen molar-refractivity contribution in [2.75, 3.05) is 31.1 Å². The van der Waals surface area contributed by atoms with Gasteiger partial charge in [0.1, 0.15) is 0 Å². The number of rotatable bonds is 2. The van der Waals surface area contributed by atoms with Crippen molar-refractivity contribution < 1.29 is 9.21 Å². The van der Waals surface area contributed by atoms with Crippen molar-refractivity contribution in [3.8, 4) is 0 Å². The summed E-state index contributed by atoms with van der Waals surface area (Å²) in [5.74, 6) is 0.270. The minimum Gasteiger partial charge on any atom is -0.459 e. The van der Waals surface area contributed by atoms with Crippen LogP contribution in [0.4, 0.5) is 5.82 Å². The maximum atomic E-state index is 12.1. The van der Waals surface area contributed by atoms with Gasteiger partial charge in [-0.25, -0.2) is 9.89 Å². The average Bonchev–Trinajstić information content (AvgIpc) is 3.01. The molecule has 0 radical (unpaired) electrons. The first-order valence-corrected chi connectivity index (χ1v) is 6.42. The van der Waals surface area contributed by atoms with Crippen molar-refractivity contribution >= 4 is 11.7 Å². The van der Waals surface area contributed by atoms with E-state index in [2.05, 4.69) is 15.2 Å². The molecule has 1 amide bonds. The summed E-state index contributed by atoms with van der Waals surface area (Å²) in [5.41, 5.74) is -1.18. The zero-order valence-corrected chi connectivity index (χ0v) is 11.0. The Labute approximate surface area is 118 Å². The van der Waals surface area contributed by atoms with Crippen molar-refractivity contribution in [1.82, 2.24) is 20.1 Å². The maximum absolute atomic E-state index is 12.1. The summed E-state index contributed by atoms with van der Waals surface area (Å²) < 4.78 is 5.08. The summed E-state index contributed by atoms with van der Waals surface area (Å²) in [6, 6.07) is 3.27. The van der Waals surface area contributed by atoms with E-state index in [-0.39, 0.29) is 11.7 Å². The third kappa shape index (κ3) is 2.57. The van der Waals surface area contributed by atoms with E-state index in [0.717, 1.165) is 0 Å². The Hall–Kier alpha value is -2.84. The molecule has 2 aromatic rings. The third-order valence-corrected chi connectivity index (χ3v) is 3.29. The highest BCUT2D eigenvalue weighted by atomic mass is 16.3. The molecule has 9 nitrogen and oxygen atoms in total. The SMILES string of the molecule is O=C(c1ccco1)N1CCN(c2n[nH]c(=O)[nH]c2=O)CC1.